The van der Waals surface area contributed by atoms with Crippen LogP contribution in [0.4, 0.5) is 0 Å². The first-order valence-corrected chi connectivity index (χ1v) is 9.36. The number of benzene rings is 1. The third-order valence-corrected chi connectivity index (χ3v) is 1.29. The zero-order valence-electron chi connectivity index (χ0n) is 8.15. The zero-order chi connectivity index (χ0) is 10.8. The summed E-state index contributed by atoms with van der Waals surface area (Å²) >= 11 is -0.472. The number of ether oxygens (including phenoxy) is 1. The molecule has 0 fully saturated rings. The summed E-state index contributed by atoms with van der Waals surface area (Å²) in [7, 11) is 9.75. The standard InChI is InChI=1S/C9H9NO.2ClH.H3N.Pt/c1-2-11-9-5-3-8(7-10)4-6-9;;;;/h3-6H,2H2,1H3;2*1H;1H3;/q;;;;+2/p-2. The van der Waals surface area contributed by atoms with Crippen LogP contribution < -0.4 is 10.9 Å². The van der Waals surface area contributed by atoms with Gasteiger partial charge in [-0.2, -0.15) is 5.26 Å². The number of nitrogens with zero attached hydrogens (tertiary/aromatic N) is 1. The monoisotopic (exact) mass is 429 g/mol. The van der Waals surface area contributed by atoms with Crippen LogP contribution in [0.15, 0.2) is 24.3 Å². The van der Waals surface area contributed by atoms with Crippen molar-refractivity contribution in [3.63, 3.8) is 0 Å². The van der Waals surface area contributed by atoms with Crippen molar-refractivity contribution in [3.05, 3.63) is 29.8 Å². The normalized spacial score (nSPS) is 7.87. The number of hydrogen-bond acceptors (Lipinski definition) is 3. The molecule has 0 amide bonds. The Bertz CT molecular complexity index is 287. The Kier molecular flexibility index (Phi) is 13.5. The van der Waals surface area contributed by atoms with E-state index in [9.17, 15) is 0 Å². The molecule has 0 unspecified atom stereocenters. The fourth-order valence-electron chi connectivity index (χ4n) is 0.792. The fraction of sp³-hybridized carbons (Fsp3) is 0.222. The van der Waals surface area contributed by atoms with Gasteiger partial charge < -0.3 is 10.9 Å². The summed E-state index contributed by atoms with van der Waals surface area (Å²) in [6, 6.07) is 9.11. The first kappa shape index (κ1) is 17.1. The Balaban J connectivity index is 0. The van der Waals surface area contributed by atoms with Crippen LogP contribution in [0.3, 0.4) is 0 Å². The first-order valence-electron chi connectivity index (χ1n) is 3.73. The van der Waals surface area contributed by atoms with E-state index in [-0.39, 0.29) is 6.15 Å². The number of halogens is 2. The second-order valence-electron chi connectivity index (χ2n) is 2.11. The number of nitriles is 1. The Morgan fingerprint density at radius 2 is 1.80 bits per heavy atom. The molecular weight excluding hydrogens is 418 g/mol. The third-order valence-electron chi connectivity index (χ3n) is 1.29. The van der Waals surface area contributed by atoms with E-state index in [4.69, 9.17) is 28.8 Å². The fourth-order valence-corrected chi connectivity index (χ4v) is 0.792. The second kappa shape index (κ2) is 11.8. The average molecular weight is 430 g/mol. The molecule has 0 heterocycles. The summed E-state index contributed by atoms with van der Waals surface area (Å²) in [5.41, 5.74) is 0.661. The van der Waals surface area contributed by atoms with Crippen LogP contribution in [0.2, 0.25) is 0 Å². The minimum atomic E-state index is -0.472. The molecule has 1 rings (SSSR count). The predicted octanol–water partition coefficient (Wildman–Crippen LogP) is 3.50. The van der Waals surface area contributed by atoms with Crippen LogP contribution in [0, 0.1) is 11.3 Å². The van der Waals surface area contributed by atoms with E-state index in [1.807, 2.05) is 13.0 Å². The molecule has 3 nitrogen and oxygen atoms in total. The summed E-state index contributed by atoms with van der Waals surface area (Å²) in [6.07, 6.45) is 0. The van der Waals surface area contributed by atoms with Crippen molar-refractivity contribution in [1.82, 2.24) is 6.15 Å². The molecule has 1 aromatic rings. The Hall–Kier alpha value is -0.262. The predicted molar refractivity (Wildman–Crippen MR) is 59.1 cm³/mol. The van der Waals surface area contributed by atoms with Crippen LogP contribution in [0.25, 0.3) is 0 Å². The molecule has 0 saturated heterocycles. The molecule has 0 aromatic heterocycles. The molecule has 0 bridgehead atoms. The summed E-state index contributed by atoms with van der Waals surface area (Å²) in [4.78, 5) is 0. The number of hydrogen-bond donors (Lipinski definition) is 1. The van der Waals surface area contributed by atoms with Crippen molar-refractivity contribution in [3.8, 4) is 11.8 Å². The molecule has 0 saturated carbocycles. The quantitative estimate of drug-likeness (QED) is 0.782. The van der Waals surface area contributed by atoms with Gasteiger partial charge in [0, 0.05) is 0 Å². The summed E-state index contributed by atoms with van der Waals surface area (Å²) < 4.78 is 5.20. The van der Waals surface area contributed by atoms with Gasteiger partial charge in [-0.15, -0.1) is 0 Å². The summed E-state index contributed by atoms with van der Waals surface area (Å²) in [5.74, 6) is 0.812. The van der Waals surface area contributed by atoms with Gasteiger partial charge in [-0.25, -0.2) is 0 Å². The molecule has 1 aromatic carbocycles. The van der Waals surface area contributed by atoms with E-state index in [1.54, 1.807) is 24.3 Å². The SMILES string of the molecule is CCOc1ccc(C#N)cc1.N.[Cl][Pt][Cl]. The topological polar surface area (TPSA) is 68.0 Å². The molecule has 0 aliphatic carbocycles. The van der Waals surface area contributed by atoms with Crippen molar-refractivity contribution in [2.45, 2.75) is 6.92 Å². The van der Waals surface area contributed by atoms with Gasteiger partial charge in [-0.05, 0) is 31.2 Å². The van der Waals surface area contributed by atoms with Gasteiger partial charge >= 0.3 is 35.3 Å². The molecule has 0 atom stereocenters. The Morgan fingerprint density at radius 1 is 1.33 bits per heavy atom. The van der Waals surface area contributed by atoms with Crippen molar-refractivity contribution < 1.29 is 21.2 Å². The van der Waals surface area contributed by atoms with Crippen molar-refractivity contribution in [2.24, 2.45) is 0 Å². The van der Waals surface area contributed by atoms with Crippen LogP contribution in [0.1, 0.15) is 12.5 Å². The van der Waals surface area contributed by atoms with Gasteiger partial charge in [-0.3, -0.25) is 0 Å². The molecule has 88 valence electrons. The molecule has 15 heavy (non-hydrogen) atoms. The van der Waals surface area contributed by atoms with E-state index >= 15 is 0 Å². The molecule has 0 radical (unpaired) electrons. The first-order chi connectivity index (χ1) is 6.78. The van der Waals surface area contributed by atoms with Gasteiger partial charge in [0.2, 0.25) is 0 Å². The Morgan fingerprint density at radius 3 is 2.13 bits per heavy atom. The van der Waals surface area contributed by atoms with E-state index in [1.165, 1.54) is 0 Å². The van der Waals surface area contributed by atoms with Gasteiger partial charge in [0.1, 0.15) is 5.75 Å². The summed E-state index contributed by atoms with van der Waals surface area (Å²) in [6.45, 7) is 2.59. The maximum absolute atomic E-state index is 8.47. The van der Waals surface area contributed by atoms with Gasteiger partial charge in [0.05, 0.1) is 18.2 Å². The maximum atomic E-state index is 8.47. The van der Waals surface area contributed by atoms with E-state index in [0.29, 0.717) is 12.2 Å². The zero-order valence-corrected chi connectivity index (χ0v) is 11.9. The van der Waals surface area contributed by atoms with Crippen LogP contribution >= 0.6 is 18.8 Å². The van der Waals surface area contributed by atoms with Crippen LogP contribution in [0.5, 0.6) is 5.75 Å². The molecule has 6 heteroatoms. The van der Waals surface area contributed by atoms with E-state index < -0.39 is 16.5 Å². The minimum absolute atomic E-state index is 0. The number of rotatable bonds is 2. The molecule has 3 N–H and O–H groups in total. The second-order valence-corrected chi connectivity index (χ2v) is 5.40. The van der Waals surface area contributed by atoms with Gasteiger partial charge in [0.15, 0.2) is 0 Å². The van der Waals surface area contributed by atoms with Gasteiger partial charge in [-0.1, -0.05) is 0 Å². The van der Waals surface area contributed by atoms with Crippen molar-refractivity contribution >= 4 is 18.8 Å². The molecule has 0 spiro atoms. The van der Waals surface area contributed by atoms with Crippen molar-refractivity contribution in [1.29, 1.82) is 5.26 Å². The average Bonchev–Trinajstić information content (AvgIpc) is 2.21. The summed E-state index contributed by atoms with van der Waals surface area (Å²) in [5, 5.41) is 8.47. The molecule has 0 aliphatic rings. The molecule has 0 aliphatic heterocycles. The van der Waals surface area contributed by atoms with Crippen molar-refractivity contribution in [2.75, 3.05) is 6.61 Å². The Labute approximate surface area is 106 Å². The van der Waals surface area contributed by atoms with E-state index in [2.05, 4.69) is 0 Å². The van der Waals surface area contributed by atoms with Crippen LogP contribution in [-0.2, 0) is 16.5 Å². The third kappa shape index (κ3) is 8.71. The van der Waals surface area contributed by atoms with E-state index in [0.717, 1.165) is 5.75 Å². The molecular formula is C9H12Cl2N2OPt. The van der Waals surface area contributed by atoms with Crippen LogP contribution in [-0.4, -0.2) is 6.61 Å². The van der Waals surface area contributed by atoms with Gasteiger partial charge in [0.25, 0.3) is 0 Å².